The minimum absolute atomic E-state index is 0. The van der Waals surface area contributed by atoms with Gasteiger partial charge >= 0.3 is 17.1 Å². The zero-order chi connectivity index (χ0) is 11.3. The van der Waals surface area contributed by atoms with Gasteiger partial charge in [0.05, 0.1) is 8.07 Å². The molecular formula is C13H19FeNSi. The van der Waals surface area contributed by atoms with Crippen molar-refractivity contribution in [2.75, 3.05) is 5.73 Å². The molecule has 88 valence electrons. The molecule has 0 bridgehead atoms. The molecule has 0 amide bonds. The van der Waals surface area contributed by atoms with Gasteiger partial charge in [0.2, 0.25) is 0 Å². The maximum absolute atomic E-state index is 5.28. The summed E-state index contributed by atoms with van der Waals surface area (Å²) in [6, 6.07) is 16.2. The van der Waals surface area contributed by atoms with Crippen LogP contribution in [0.5, 0.6) is 0 Å². The number of rotatable bonds is 1. The molecule has 0 saturated carbocycles. The van der Waals surface area contributed by atoms with E-state index in [1.807, 2.05) is 24.3 Å². The Bertz CT molecular complexity index is 357. The standard InChI is InChI=1S/C8H13Si.C5H6N.Fe/c1-9(2,3)8-6-4-5-7-8;6-5-3-1-2-4-5;/h4-7H,1-3H3;1-4H,6H2;/q2*-1;+2. The topological polar surface area (TPSA) is 26.0 Å². The summed E-state index contributed by atoms with van der Waals surface area (Å²) >= 11 is 0. The van der Waals surface area contributed by atoms with Crippen LogP contribution >= 0.6 is 0 Å². The van der Waals surface area contributed by atoms with E-state index >= 15 is 0 Å². The zero-order valence-corrected chi connectivity index (χ0v) is 12.2. The Labute approximate surface area is 110 Å². The van der Waals surface area contributed by atoms with Crippen molar-refractivity contribution in [3.63, 3.8) is 0 Å². The van der Waals surface area contributed by atoms with Gasteiger partial charge in [0.1, 0.15) is 0 Å². The van der Waals surface area contributed by atoms with Gasteiger partial charge in [-0.15, -0.1) is 6.07 Å². The number of anilines is 1. The fourth-order valence-corrected chi connectivity index (χ4v) is 2.46. The van der Waals surface area contributed by atoms with Crippen LogP contribution in [0.3, 0.4) is 0 Å². The molecular weight excluding hydrogens is 254 g/mol. The molecule has 0 unspecified atom stereocenters. The van der Waals surface area contributed by atoms with Gasteiger partial charge in [-0.25, -0.2) is 18.2 Å². The Balaban J connectivity index is 0.000000283. The summed E-state index contributed by atoms with van der Waals surface area (Å²) in [5.74, 6) is 0. The van der Waals surface area contributed by atoms with Gasteiger partial charge in [0.25, 0.3) is 0 Å². The van der Waals surface area contributed by atoms with Crippen molar-refractivity contribution in [3.05, 3.63) is 48.5 Å². The van der Waals surface area contributed by atoms with E-state index in [1.165, 1.54) is 0 Å². The average Bonchev–Trinajstić information content (AvgIpc) is 2.73. The smallest absolute Gasteiger partial charge is 0.420 e. The number of hydrogen-bond acceptors (Lipinski definition) is 1. The van der Waals surface area contributed by atoms with Crippen LogP contribution in [0, 0.1) is 0 Å². The van der Waals surface area contributed by atoms with Crippen molar-refractivity contribution in [1.82, 2.24) is 0 Å². The largest absolute Gasteiger partial charge is 2.00 e. The second-order valence-electron chi connectivity index (χ2n) is 4.64. The third kappa shape index (κ3) is 5.36. The second-order valence-corrected chi connectivity index (χ2v) is 9.72. The predicted molar refractivity (Wildman–Crippen MR) is 71.5 cm³/mol. The van der Waals surface area contributed by atoms with Gasteiger partial charge in [-0.05, 0) is 0 Å². The normalized spacial score (nSPS) is 9.94. The predicted octanol–water partition coefficient (Wildman–Crippen LogP) is 2.94. The Morgan fingerprint density at radius 3 is 1.75 bits per heavy atom. The summed E-state index contributed by atoms with van der Waals surface area (Å²) in [6.45, 7) is 7.09. The second kappa shape index (κ2) is 6.74. The summed E-state index contributed by atoms with van der Waals surface area (Å²) in [7, 11) is -0.981. The molecule has 0 saturated heterocycles. The van der Waals surface area contributed by atoms with Gasteiger partial charge in [-0.3, -0.25) is 0 Å². The first-order valence-electron chi connectivity index (χ1n) is 5.19. The monoisotopic (exact) mass is 273 g/mol. The maximum Gasteiger partial charge on any atom is 2.00 e. The van der Waals surface area contributed by atoms with E-state index < -0.39 is 8.07 Å². The third-order valence-corrected chi connectivity index (χ3v) is 4.28. The summed E-state index contributed by atoms with van der Waals surface area (Å²) in [6.07, 6.45) is 0. The van der Waals surface area contributed by atoms with E-state index in [0.717, 1.165) is 5.69 Å². The van der Waals surface area contributed by atoms with Gasteiger partial charge < -0.3 is 5.73 Å². The van der Waals surface area contributed by atoms with Crippen LogP contribution in [0.25, 0.3) is 0 Å². The molecule has 0 radical (unpaired) electrons. The molecule has 0 heterocycles. The van der Waals surface area contributed by atoms with Crippen LogP contribution < -0.4 is 10.9 Å². The van der Waals surface area contributed by atoms with Gasteiger partial charge in [0, 0.05) is 0 Å². The first kappa shape index (κ1) is 15.2. The Kier molecular flexibility index (Phi) is 6.42. The molecule has 2 rings (SSSR count). The molecule has 0 spiro atoms. The SMILES string of the molecule is C[Si](C)(C)c1ccc[cH-]1.Nc1ccc[cH-]1.[Fe+2]. The molecule has 0 fully saturated rings. The van der Waals surface area contributed by atoms with E-state index in [4.69, 9.17) is 5.73 Å². The summed E-state index contributed by atoms with van der Waals surface area (Å²) in [4.78, 5) is 0. The Morgan fingerprint density at radius 1 is 1.00 bits per heavy atom. The van der Waals surface area contributed by atoms with Crippen LogP contribution in [-0.4, -0.2) is 8.07 Å². The summed E-state index contributed by atoms with van der Waals surface area (Å²) < 4.78 is 0. The zero-order valence-electron chi connectivity index (χ0n) is 10.0. The molecule has 16 heavy (non-hydrogen) atoms. The Morgan fingerprint density at radius 2 is 1.56 bits per heavy atom. The Hall–Kier alpha value is -0.764. The molecule has 0 aromatic heterocycles. The van der Waals surface area contributed by atoms with Crippen LogP contribution in [0.2, 0.25) is 19.6 Å². The van der Waals surface area contributed by atoms with E-state index in [1.54, 1.807) is 5.19 Å². The summed E-state index contributed by atoms with van der Waals surface area (Å²) in [5, 5.41) is 1.56. The van der Waals surface area contributed by atoms with E-state index in [2.05, 4.69) is 43.9 Å². The third-order valence-electron chi connectivity index (χ3n) is 2.22. The van der Waals surface area contributed by atoms with Crippen LogP contribution in [0.1, 0.15) is 0 Å². The van der Waals surface area contributed by atoms with Crippen molar-refractivity contribution in [2.45, 2.75) is 19.6 Å². The number of nitrogen functional groups attached to an aromatic ring is 1. The number of hydrogen-bond donors (Lipinski definition) is 1. The van der Waals surface area contributed by atoms with Crippen molar-refractivity contribution in [3.8, 4) is 0 Å². The first-order valence-corrected chi connectivity index (χ1v) is 8.69. The first-order chi connectivity index (χ1) is 7.00. The minimum atomic E-state index is -0.981. The minimum Gasteiger partial charge on any atom is -0.420 e. The molecule has 0 atom stereocenters. The molecule has 0 aliphatic rings. The van der Waals surface area contributed by atoms with Gasteiger partial charge in [-0.1, -0.05) is 25.3 Å². The molecule has 2 N–H and O–H groups in total. The molecule has 2 aromatic carbocycles. The molecule has 0 aliphatic carbocycles. The molecule has 3 heteroatoms. The molecule has 0 aliphatic heterocycles. The van der Waals surface area contributed by atoms with Gasteiger partial charge in [-0.2, -0.15) is 29.5 Å². The fourth-order valence-electron chi connectivity index (χ4n) is 1.26. The fraction of sp³-hybridized carbons (Fsp3) is 0.231. The quantitative estimate of drug-likeness (QED) is 0.627. The van der Waals surface area contributed by atoms with Crippen LogP contribution in [-0.2, 0) is 17.1 Å². The van der Waals surface area contributed by atoms with Crippen LogP contribution in [0.15, 0.2) is 48.5 Å². The van der Waals surface area contributed by atoms with Crippen molar-refractivity contribution >= 4 is 18.9 Å². The number of nitrogens with two attached hydrogens (primary N) is 1. The maximum atomic E-state index is 5.28. The van der Waals surface area contributed by atoms with E-state index in [9.17, 15) is 0 Å². The average molecular weight is 273 g/mol. The molecule has 1 nitrogen and oxygen atoms in total. The van der Waals surface area contributed by atoms with Crippen LogP contribution in [0.4, 0.5) is 5.69 Å². The van der Waals surface area contributed by atoms with E-state index in [0.29, 0.717) is 0 Å². The van der Waals surface area contributed by atoms with Gasteiger partial charge in [0.15, 0.2) is 0 Å². The summed E-state index contributed by atoms with van der Waals surface area (Å²) in [5.41, 5.74) is 6.12. The van der Waals surface area contributed by atoms with Crippen molar-refractivity contribution < 1.29 is 17.1 Å². The van der Waals surface area contributed by atoms with Crippen molar-refractivity contribution in [2.24, 2.45) is 0 Å². The molecule has 2 aromatic rings. The van der Waals surface area contributed by atoms with Crippen molar-refractivity contribution in [1.29, 1.82) is 0 Å². The van der Waals surface area contributed by atoms with E-state index in [-0.39, 0.29) is 17.1 Å².